The van der Waals surface area contributed by atoms with E-state index in [9.17, 15) is 12.6 Å². The number of nitrogen functional groups attached to an aromatic ring is 1. The van der Waals surface area contributed by atoms with Gasteiger partial charge in [-0.25, -0.2) is 8.42 Å². The number of aryl methyl sites for hydroxylation is 1. The third-order valence-corrected chi connectivity index (χ3v) is 6.37. The fourth-order valence-corrected chi connectivity index (χ4v) is 5.06. The summed E-state index contributed by atoms with van der Waals surface area (Å²) in [5.74, 6) is 0.788. The van der Waals surface area contributed by atoms with Crippen LogP contribution in [0.1, 0.15) is 5.56 Å². The Balaban J connectivity index is 2.40. The van der Waals surface area contributed by atoms with Gasteiger partial charge in [0.1, 0.15) is 4.90 Å². The van der Waals surface area contributed by atoms with Crippen LogP contribution in [-0.2, 0) is 20.8 Å². The zero-order valence-electron chi connectivity index (χ0n) is 10.1. The molecule has 0 radical (unpaired) electrons. The molecule has 0 saturated carbocycles. The van der Waals surface area contributed by atoms with Crippen LogP contribution >= 0.6 is 0 Å². The first-order valence-corrected chi connectivity index (χ1v) is 8.56. The van der Waals surface area contributed by atoms with Crippen molar-refractivity contribution in [1.29, 1.82) is 0 Å². The lowest BCUT2D eigenvalue weighted by Crippen LogP contribution is -2.42. The van der Waals surface area contributed by atoms with Gasteiger partial charge in [0.25, 0.3) is 0 Å². The van der Waals surface area contributed by atoms with Crippen LogP contribution < -0.4 is 5.73 Å². The van der Waals surface area contributed by atoms with Crippen LogP contribution in [0, 0.1) is 6.92 Å². The van der Waals surface area contributed by atoms with Crippen molar-refractivity contribution < 1.29 is 12.6 Å². The molecule has 0 atom stereocenters. The Morgan fingerprint density at radius 1 is 1.28 bits per heavy atom. The zero-order valence-corrected chi connectivity index (χ0v) is 11.8. The standard InChI is InChI=1S/C11H16N2O3S2/c1-9-3-2-4-10(12)11(9)18(15,16)13-5-7-17(14)8-6-13/h2-4H,5-8,12H2,1H3. The fraction of sp³-hybridized carbons (Fsp3) is 0.455. The molecule has 18 heavy (non-hydrogen) atoms. The van der Waals surface area contributed by atoms with E-state index < -0.39 is 20.8 Å². The van der Waals surface area contributed by atoms with E-state index in [0.29, 0.717) is 30.2 Å². The normalized spacial score (nSPS) is 18.9. The highest BCUT2D eigenvalue weighted by atomic mass is 32.2. The summed E-state index contributed by atoms with van der Waals surface area (Å²) in [5.41, 5.74) is 6.68. The van der Waals surface area contributed by atoms with Gasteiger partial charge in [0.2, 0.25) is 10.0 Å². The van der Waals surface area contributed by atoms with Crippen molar-refractivity contribution in [3.63, 3.8) is 0 Å². The summed E-state index contributed by atoms with van der Waals surface area (Å²) in [6.07, 6.45) is 0. The Labute approximate surface area is 109 Å². The van der Waals surface area contributed by atoms with Gasteiger partial charge in [-0.1, -0.05) is 12.1 Å². The topological polar surface area (TPSA) is 80.5 Å². The summed E-state index contributed by atoms with van der Waals surface area (Å²) in [7, 11) is -4.47. The van der Waals surface area contributed by atoms with Gasteiger partial charge < -0.3 is 5.73 Å². The molecule has 1 aromatic carbocycles. The quantitative estimate of drug-likeness (QED) is 0.795. The zero-order chi connectivity index (χ0) is 13.3. The van der Waals surface area contributed by atoms with E-state index in [2.05, 4.69) is 0 Å². The molecule has 0 bridgehead atoms. The van der Waals surface area contributed by atoms with Gasteiger partial charge >= 0.3 is 0 Å². The molecule has 1 aliphatic rings. The Kier molecular flexibility index (Phi) is 3.74. The maximum Gasteiger partial charge on any atom is 0.245 e. The second-order valence-corrected chi connectivity index (χ2v) is 7.82. The van der Waals surface area contributed by atoms with E-state index in [1.807, 2.05) is 0 Å². The van der Waals surface area contributed by atoms with Gasteiger partial charge in [-0.2, -0.15) is 4.31 Å². The summed E-state index contributed by atoms with van der Waals surface area (Å²) in [6, 6.07) is 5.04. The van der Waals surface area contributed by atoms with Crippen molar-refractivity contribution in [3.8, 4) is 0 Å². The lowest BCUT2D eigenvalue weighted by molar-refractivity contribution is 0.438. The Morgan fingerprint density at radius 3 is 2.44 bits per heavy atom. The minimum absolute atomic E-state index is 0.178. The molecule has 0 amide bonds. The van der Waals surface area contributed by atoms with Crippen LogP contribution in [0.5, 0.6) is 0 Å². The smallest absolute Gasteiger partial charge is 0.245 e. The number of benzene rings is 1. The van der Waals surface area contributed by atoms with Crippen molar-refractivity contribution in [2.75, 3.05) is 30.3 Å². The minimum atomic E-state index is -3.57. The fourth-order valence-electron chi connectivity index (χ4n) is 2.02. The molecule has 1 heterocycles. The SMILES string of the molecule is Cc1cccc(N)c1S(=O)(=O)N1CCS(=O)CC1. The molecule has 0 unspecified atom stereocenters. The van der Waals surface area contributed by atoms with Crippen molar-refractivity contribution >= 4 is 26.5 Å². The van der Waals surface area contributed by atoms with E-state index in [4.69, 9.17) is 5.73 Å². The maximum atomic E-state index is 12.5. The third-order valence-electron chi connectivity index (χ3n) is 2.98. The molecule has 0 aliphatic carbocycles. The van der Waals surface area contributed by atoms with Crippen molar-refractivity contribution in [3.05, 3.63) is 23.8 Å². The Hall–Kier alpha value is -0.920. The highest BCUT2D eigenvalue weighted by Gasteiger charge is 2.30. The highest BCUT2D eigenvalue weighted by molar-refractivity contribution is 7.89. The number of rotatable bonds is 2. The molecule has 7 heteroatoms. The lowest BCUT2D eigenvalue weighted by Gasteiger charge is -2.26. The highest BCUT2D eigenvalue weighted by Crippen LogP contribution is 2.26. The Bertz CT molecular complexity index is 554. The first-order valence-electron chi connectivity index (χ1n) is 5.63. The average Bonchev–Trinajstić information content (AvgIpc) is 2.29. The first kappa shape index (κ1) is 13.5. The molecule has 1 fully saturated rings. The minimum Gasteiger partial charge on any atom is -0.398 e. The van der Waals surface area contributed by atoms with Crippen molar-refractivity contribution in [2.45, 2.75) is 11.8 Å². The summed E-state index contributed by atoms with van der Waals surface area (Å²) >= 11 is 0. The predicted molar refractivity (Wildman–Crippen MR) is 72.2 cm³/mol. The second kappa shape index (κ2) is 4.99. The summed E-state index contributed by atoms with van der Waals surface area (Å²) in [5, 5.41) is 0. The van der Waals surface area contributed by atoms with E-state index in [1.54, 1.807) is 25.1 Å². The third kappa shape index (κ3) is 2.43. The summed E-state index contributed by atoms with van der Waals surface area (Å²) < 4.78 is 37.6. The number of nitrogens with zero attached hydrogens (tertiary/aromatic N) is 1. The van der Waals surface area contributed by atoms with Gasteiger partial charge in [-0.3, -0.25) is 4.21 Å². The number of anilines is 1. The van der Waals surface area contributed by atoms with Gasteiger partial charge in [0.15, 0.2) is 0 Å². The predicted octanol–water partition coefficient (Wildman–Crippen LogP) is 0.330. The molecule has 5 nitrogen and oxygen atoms in total. The summed E-state index contributed by atoms with van der Waals surface area (Å²) in [4.78, 5) is 0.178. The van der Waals surface area contributed by atoms with Crippen LogP contribution in [0.3, 0.4) is 0 Å². The van der Waals surface area contributed by atoms with Crippen molar-refractivity contribution in [2.24, 2.45) is 0 Å². The maximum absolute atomic E-state index is 12.5. The molecule has 1 aliphatic heterocycles. The molecule has 0 spiro atoms. The number of sulfonamides is 1. The Morgan fingerprint density at radius 2 is 1.89 bits per heavy atom. The van der Waals surface area contributed by atoms with E-state index in [0.717, 1.165) is 0 Å². The number of nitrogens with two attached hydrogens (primary N) is 1. The van der Waals surface area contributed by atoms with Crippen molar-refractivity contribution in [1.82, 2.24) is 4.31 Å². The van der Waals surface area contributed by atoms with E-state index >= 15 is 0 Å². The largest absolute Gasteiger partial charge is 0.398 e. The number of hydrogen-bond donors (Lipinski definition) is 1. The molecule has 2 rings (SSSR count). The monoisotopic (exact) mass is 288 g/mol. The molecule has 100 valence electrons. The van der Waals surface area contributed by atoms with E-state index in [-0.39, 0.29) is 10.6 Å². The van der Waals surface area contributed by atoms with Crippen LogP contribution in [0.4, 0.5) is 5.69 Å². The molecular formula is C11H16N2O3S2. The van der Waals surface area contributed by atoms with Gasteiger partial charge in [0, 0.05) is 35.4 Å². The molecule has 1 saturated heterocycles. The molecule has 2 N–H and O–H groups in total. The lowest BCUT2D eigenvalue weighted by atomic mass is 10.2. The second-order valence-electron chi connectivity index (χ2n) is 4.25. The van der Waals surface area contributed by atoms with Gasteiger partial charge in [-0.15, -0.1) is 0 Å². The molecule has 0 aromatic heterocycles. The first-order chi connectivity index (χ1) is 8.43. The van der Waals surface area contributed by atoms with Crippen LogP contribution in [0.25, 0.3) is 0 Å². The van der Waals surface area contributed by atoms with E-state index in [1.165, 1.54) is 4.31 Å². The molecular weight excluding hydrogens is 272 g/mol. The van der Waals surface area contributed by atoms with Crippen LogP contribution in [-0.4, -0.2) is 41.5 Å². The summed E-state index contributed by atoms with van der Waals surface area (Å²) in [6.45, 7) is 2.32. The van der Waals surface area contributed by atoms with Gasteiger partial charge in [-0.05, 0) is 18.6 Å². The average molecular weight is 288 g/mol. The van der Waals surface area contributed by atoms with Gasteiger partial charge in [0.05, 0.1) is 5.69 Å². The molecule has 1 aromatic rings. The van der Waals surface area contributed by atoms with Crippen LogP contribution in [0.2, 0.25) is 0 Å². The van der Waals surface area contributed by atoms with Crippen LogP contribution in [0.15, 0.2) is 23.1 Å². The number of hydrogen-bond acceptors (Lipinski definition) is 4.